The van der Waals surface area contributed by atoms with Crippen LogP contribution in [0, 0.1) is 35.9 Å². The Kier molecular flexibility index (Phi) is 7.49. The number of hydrogen-bond donors (Lipinski definition) is 0. The highest BCUT2D eigenvalue weighted by atomic mass is 32.1. The summed E-state index contributed by atoms with van der Waals surface area (Å²) in [7, 11) is 1.63. The number of carbonyl (C=O) groups excluding carboxylic acids is 2. The van der Waals surface area contributed by atoms with Crippen LogP contribution in [0.3, 0.4) is 0 Å². The maximum absolute atomic E-state index is 14.1. The van der Waals surface area contributed by atoms with Crippen LogP contribution in [0.4, 0.5) is 4.39 Å². The van der Waals surface area contributed by atoms with Crippen LogP contribution in [0.1, 0.15) is 54.5 Å². The number of halogens is 1. The van der Waals surface area contributed by atoms with Crippen molar-refractivity contribution in [2.75, 3.05) is 26.8 Å². The van der Waals surface area contributed by atoms with Gasteiger partial charge < -0.3 is 14.5 Å². The van der Waals surface area contributed by atoms with E-state index in [1.165, 1.54) is 31.4 Å². The Bertz CT molecular complexity index is 1050. The summed E-state index contributed by atoms with van der Waals surface area (Å²) in [4.78, 5) is 32.6. The second kappa shape index (κ2) is 10.6. The average Bonchev–Trinajstić information content (AvgIpc) is 3.25. The van der Waals surface area contributed by atoms with Crippen molar-refractivity contribution in [2.24, 2.45) is 23.2 Å². The summed E-state index contributed by atoms with van der Waals surface area (Å²) in [6.07, 6.45) is 6.75. The van der Waals surface area contributed by atoms with E-state index in [4.69, 9.17) is 4.74 Å². The first-order valence-corrected chi connectivity index (χ1v) is 14.1. The van der Waals surface area contributed by atoms with E-state index in [0.717, 1.165) is 35.3 Å². The number of hydrogen-bond acceptors (Lipinski definition) is 4. The Morgan fingerprint density at radius 2 is 1.64 bits per heavy atom. The Balaban J connectivity index is 1.35. The monoisotopic (exact) mass is 512 g/mol. The van der Waals surface area contributed by atoms with Crippen molar-refractivity contribution in [3.8, 4) is 0 Å². The predicted octanol–water partition coefficient (Wildman–Crippen LogP) is 5.42. The molecule has 36 heavy (non-hydrogen) atoms. The van der Waals surface area contributed by atoms with Gasteiger partial charge in [0.05, 0.1) is 25.1 Å². The number of amides is 2. The molecule has 0 radical (unpaired) electrons. The molecule has 5 nitrogen and oxygen atoms in total. The molecule has 4 saturated carbocycles. The highest BCUT2D eigenvalue weighted by Gasteiger charge is 2.55. The molecule has 2 amide bonds. The predicted molar refractivity (Wildman–Crippen MR) is 139 cm³/mol. The number of ether oxygens (including phenoxy) is 1. The standard InChI is InChI=1S/C29H37FN2O3S/c1-20-7-10-36-26(20)18-32(17-21-3-5-25(30)6-4-21)27(33)19-31(8-9-35-2)28(34)29-14-22-11-23(15-29)13-24(12-22)16-29/h3-7,10,22-24H,8-9,11-19H2,1-2H3. The topological polar surface area (TPSA) is 49.9 Å². The van der Waals surface area contributed by atoms with Gasteiger partial charge in [0.2, 0.25) is 11.8 Å². The maximum atomic E-state index is 14.1. The molecule has 194 valence electrons. The van der Waals surface area contributed by atoms with Crippen molar-refractivity contribution in [1.82, 2.24) is 9.80 Å². The quantitative estimate of drug-likeness (QED) is 0.427. The zero-order chi connectivity index (χ0) is 25.3. The number of benzene rings is 1. The summed E-state index contributed by atoms with van der Waals surface area (Å²) in [6, 6.07) is 8.36. The van der Waals surface area contributed by atoms with Gasteiger partial charge in [-0.3, -0.25) is 9.59 Å². The van der Waals surface area contributed by atoms with Gasteiger partial charge in [-0.1, -0.05) is 12.1 Å². The smallest absolute Gasteiger partial charge is 0.242 e. The van der Waals surface area contributed by atoms with Crippen LogP contribution in [0.2, 0.25) is 0 Å². The van der Waals surface area contributed by atoms with E-state index < -0.39 is 0 Å². The number of thiophene rings is 1. The minimum Gasteiger partial charge on any atom is -0.383 e. The fourth-order valence-electron chi connectivity index (χ4n) is 7.21. The van der Waals surface area contributed by atoms with Crippen LogP contribution in [0.25, 0.3) is 0 Å². The third-order valence-corrected chi connectivity index (χ3v) is 9.62. The zero-order valence-electron chi connectivity index (χ0n) is 21.4. The molecule has 0 aliphatic heterocycles. The van der Waals surface area contributed by atoms with Crippen LogP contribution in [-0.2, 0) is 27.4 Å². The highest BCUT2D eigenvalue weighted by molar-refractivity contribution is 7.10. The minimum atomic E-state index is -0.297. The summed E-state index contributed by atoms with van der Waals surface area (Å²) in [5.41, 5.74) is 1.72. The Morgan fingerprint density at radius 1 is 1.00 bits per heavy atom. The Labute approximate surface area is 217 Å². The average molecular weight is 513 g/mol. The number of aryl methyl sites for hydroxylation is 1. The fraction of sp³-hybridized carbons (Fsp3) is 0.586. The molecular weight excluding hydrogens is 475 g/mol. The van der Waals surface area contributed by atoms with Crippen molar-refractivity contribution < 1.29 is 18.7 Å². The minimum absolute atomic E-state index is 0.0512. The van der Waals surface area contributed by atoms with Crippen molar-refractivity contribution in [1.29, 1.82) is 0 Å². The van der Waals surface area contributed by atoms with Crippen LogP contribution in [0.5, 0.6) is 0 Å². The van der Waals surface area contributed by atoms with Crippen LogP contribution >= 0.6 is 11.3 Å². The molecule has 1 heterocycles. The molecule has 7 heteroatoms. The van der Waals surface area contributed by atoms with E-state index in [1.54, 1.807) is 40.4 Å². The number of rotatable bonds is 10. The molecule has 0 N–H and O–H groups in total. The molecule has 0 unspecified atom stereocenters. The van der Waals surface area contributed by atoms with E-state index in [2.05, 4.69) is 6.07 Å². The molecule has 1 aromatic heterocycles. The lowest BCUT2D eigenvalue weighted by Crippen LogP contribution is -2.56. The second-order valence-electron chi connectivity index (χ2n) is 11.3. The maximum Gasteiger partial charge on any atom is 0.242 e. The van der Waals surface area contributed by atoms with Gasteiger partial charge in [0, 0.05) is 25.1 Å². The number of methoxy groups -OCH3 is 1. The van der Waals surface area contributed by atoms with Crippen LogP contribution < -0.4 is 0 Å². The molecule has 4 aliphatic carbocycles. The van der Waals surface area contributed by atoms with Gasteiger partial charge in [-0.2, -0.15) is 0 Å². The van der Waals surface area contributed by atoms with Crippen molar-refractivity contribution in [2.45, 2.75) is 58.5 Å². The lowest BCUT2D eigenvalue weighted by molar-refractivity contribution is -0.161. The summed E-state index contributed by atoms with van der Waals surface area (Å²) in [5.74, 6) is 1.77. The first-order valence-electron chi connectivity index (χ1n) is 13.2. The van der Waals surface area contributed by atoms with E-state index >= 15 is 0 Å². The van der Waals surface area contributed by atoms with E-state index in [1.807, 2.05) is 12.3 Å². The largest absolute Gasteiger partial charge is 0.383 e. The molecule has 6 rings (SSSR count). The summed E-state index contributed by atoms with van der Waals surface area (Å²) in [6.45, 7) is 3.78. The van der Waals surface area contributed by atoms with Gasteiger partial charge in [-0.05, 0) is 97.9 Å². The second-order valence-corrected chi connectivity index (χ2v) is 12.3. The third-order valence-electron chi connectivity index (χ3n) is 8.61. The molecule has 0 spiro atoms. The molecular formula is C29H37FN2O3S. The van der Waals surface area contributed by atoms with Gasteiger partial charge in [-0.25, -0.2) is 4.39 Å². The zero-order valence-corrected chi connectivity index (χ0v) is 22.2. The van der Waals surface area contributed by atoms with Crippen LogP contribution in [-0.4, -0.2) is 48.4 Å². The summed E-state index contributed by atoms with van der Waals surface area (Å²) >= 11 is 1.63. The SMILES string of the molecule is COCCN(CC(=O)N(Cc1ccc(F)cc1)Cc1sccc1C)C(=O)C12CC3CC(CC(C3)C1)C2. The third kappa shape index (κ3) is 5.37. The molecule has 1 aromatic carbocycles. The van der Waals surface area contributed by atoms with Gasteiger partial charge in [0.15, 0.2) is 0 Å². The molecule has 4 aliphatic rings. The molecule has 4 bridgehead atoms. The molecule has 4 fully saturated rings. The van der Waals surface area contributed by atoms with Crippen LogP contribution in [0.15, 0.2) is 35.7 Å². The van der Waals surface area contributed by atoms with Crippen molar-refractivity contribution in [3.05, 3.63) is 57.5 Å². The van der Waals surface area contributed by atoms with Gasteiger partial charge in [0.1, 0.15) is 5.82 Å². The molecule has 2 aromatic rings. The van der Waals surface area contributed by atoms with E-state index in [0.29, 0.717) is 44.0 Å². The molecule has 0 atom stereocenters. The van der Waals surface area contributed by atoms with Gasteiger partial charge >= 0.3 is 0 Å². The number of carbonyl (C=O) groups is 2. The summed E-state index contributed by atoms with van der Waals surface area (Å²) < 4.78 is 18.8. The summed E-state index contributed by atoms with van der Waals surface area (Å²) in [5, 5.41) is 2.03. The first kappa shape index (κ1) is 25.4. The fourth-order valence-corrected chi connectivity index (χ4v) is 8.13. The van der Waals surface area contributed by atoms with Crippen molar-refractivity contribution in [3.63, 3.8) is 0 Å². The lowest BCUT2D eigenvalue weighted by atomic mass is 9.49. The van der Waals surface area contributed by atoms with E-state index in [-0.39, 0.29) is 29.6 Å². The van der Waals surface area contributed by atoms with E-state index in [9.17, 15) is 14.0 Å². The molecule has 0 saturated heterocycles. The lowest BCUT2D eigenvalue weighted by Gasteiger charge is -2.56. The van der Waals surface area contributed by atoms with Gasteiger partial charge in [-0.15, -0.1) is 11.3 Å². The Hall–Kier alpha value is -2.25. The Morgan fingerprint density at radius 3 is 2.19 bits per heavy atom. The number of nitrogens with zero attached hydrogens (tertiary/aromatic N) is 2. The van der Waals surface area contributed by atoms with Gasteiger partial charge in [0.25, 0.3) is 0 Å². The van der Waals surface area contributed by atoms with Crippen molar-refractivity contribution >= 4 is 23.2 Å². The highest BCUT2D eigenvalue weighted by Crippen LogP contribution is 2.60. The normalized spacial score (nSPS) is 26.2. The first-order chi connectivity index (χ1) is 17.3.